The van der Waals surface area contributed by atoms with Crippen molar-refractivity contribution in [2.45, 2.75) is 25.3 Å². The molecule has 0 saturated carbocycles. The molecule has 3 rings (SSSR count). The van der Waals surface area contributed by atoms with Gasteiger partial charge >= 0.3 is 0 Å². The summed E-state index contributed by atoms with van der Waals surface area (Å²) in [6.07, 6.45) is 3.72. The number of thiophene rings is 1. The van der Waals surface area contributed by atoms with E-state index in [9.17, 15) is 0 Å². The Labute approximate surface area is 113 Å². The summed E-state index contributed by atoms with van der Waals surface area (Å²) in [6, 6.07) is 13.8. The third kappa shape index (κ3) is 2.23. The minimum Gasteiger partial charge on any atom is -0.313 e. The zero-order valence-electron chi connectivity index (χ0n) is 10.7. The van der Waals surface area contributed by atoms with Crippen molar-refractivity contribution in [3.05, 3.63) is 57.8 Å². The number of fused-ring (bicyclic) bond motifs is 1. The SMILES string of the molecule is CNC1c2ccccc2CCC1Cc1cccs1. The summed E-state index contributed by atoms with van der Waals surface area (Å²) in [7, 11) is 2.09. The molecule has 94 valence electrons. The van der Waals surface area contributed by atoms with Gasteiger partial charge in [-0.15, -0.1) is 11.3 Å². The molecule has 0 aliphatic heterocycles. The molecule has 2 aromatic rings. The number of hydrogen-bond acceptors (Lipinski definition) is 2. The van der Waals surface area contributed by atoms with Crippen molar-refractivity contribution in [3.63, 3.8) is 0 Å². The first kappa shape index (κ1) is 11.9. The van der Waals surface area contributed by atoms with E-state index >= 15 is 0 Å². The number of nitrogens with one attached hydrogen (secondary N) is 1. The molecule has 0 fully saturated rings. The molecule has 0 radical (unpaired) electrons. The van der Waals surface area contributed by atoms with Crippen molar-refractivity contribution >= 4 is 11.3 Å². The average Bonchev–Trinajstić information content (AvgIpc) is 2.91. The van der Waals surface area contributed by atoms with Crippen LogP contribution in [0.2, 0.25) is 0 Å². The minimum atomic E-state index is 0.511. The third-order valence-electron chi connectivity index (χ3n) is 4.00. The first-order valence-electron chi connectivity index (χ1n) is 6.66. The molecule has 1 aromatic carbocycles. The van der Waals surface area contributed by atoms with Crippen LogP contribution in [0.1, 0.15) is 28.5 Å². The van der Waals surface area contributed by atoms with E-state index in [0.717, 1.165) is 5.92 Å². The Balaban J connectivity index is 1.85. The highest BCUT2D eigenvalue weighted by Gasteiger charge is 2.28. The summed E-state index contributed by atoms with van der Waals surface area (Å²) in [5, 5.41) is 5.71. The van der Waals surface area contributed by atoms with Crippen LogP contribution in [0, 0.1) is 5.92 Å². The smallest absolute Gasteiger partial charge is 0.0352 e. The molecule has 1 heterocycles. The number of rotatable bonds is 3. The minimum absolute atomic E-state index is 0.511. The summed E-state index contributed by atoms with van der Waals surface area (Å²) in [5.41, 5.74) is 3.03. The van der Waals surface area contributed by atoms with E-state index in [0.29, 0.717) is 6.04 Å². The molecule has 1 N–H and O–H groups in total. The van der Waals surface area contributed by atoms with Crippen LogP contribution in [0.25, 0.3) is 0 Å². The standard InChI is InChI=1S/C16H19NS/c1-17-16-13(11-14-6-4-10-18-14)9-8-12-5-2-3-7-15(12)16/h2-7,10,13,16-17H,8-9,11H2,1H3. The van der Waals surface area contributed by atoms with E-state index in [1.807, 2.05) is 11.3 Å². The molecule has 1 aromatic heterocycles. The second-order valence-corrected chi connectivity index (χ2v) is 6.08. The second kappa shape index (κ2) is 5.25. The van der Waals surface area contributed by atoms with Gasteiger partial charge in [0.05, 0.1) is 0 Å². The van der Waals surface area contributed by atoms with E-state index in [2.05, 4.69) is 54.1 Å². The van der Waals surface area contributed by atoms with Gasteiger partial charge < -0.3 is 5.32 Å². The average molecular weight is 257 g/mol. The molecule has 2 atom stereocenters. The van der Waals surface area contributed by atoms with Gasteiger partial charge in [-0.05, 0) is 54.8 Å². The molecule has 18 heavy (non-hydrogen) atoms. The fraction of sp³-hybridized carbons (Fsp3) is 0.375. The highest BCUT2D eigenvalue weighted by molar-refractivity contribution is 7.09. The van der Waals surface area contributed by atoms with E-state index < -0.39 is 0 Å². The Bertz CT molecular complexity index is 504. The quantitative estimate of drug-likeness (QED) is 0.881. The number of benzene rings is 1. The lowest BCUT2D eigenvalue weighted by Crippen LogP contribution is -2.31. The summed E-state index contributed by atoms with van der Waals surface area (Å²) in [6.45, 7) is 0. The maximum absolute atomic E-state index is 3.53. The fourth-order valence-electron chi connectivity index (χ4n) is 3.13. The van der Waals surface area contributed by atoms with Crippen molar-refractivity contribution in [2.24, 2.45) is 5.92 Å². The maximum Gasteiger partial charge on any atom is 0.0352 e. The Morgan fingerprint density at radius 3 is 2.89 bits per heavy atom. The Hall–Kier alpha value is -1.12. The van der Waals surface area contributed by atoms with Gasteiger partial charge in [0.15, 0.2) is 0 Å². The topological polar surface area (TPSA) is 12.0 Å². The fourth-order valence-corrected chi connectivity index (χ4v) is 3.92. The van der Waals surface area contributed by atoms with Crippen LogP contribution in [0.4, 0.5) is 0 Å². The van der Waals surface area contributed by atoms with Crippen LogP contribution in [0.5, 0.6) is 0 Å². The molecule has 1 aliphatic carbocycles. The van der Waals surface area contributed by atoms with Gasteiger partial charge in [0, 0.05) is 10.9 Å². The molecule has 2 unspecified atom stereocenters. The molecular weight excluding hydrogens is 238 g/mol. The summed E-state index contributed by atoms with van der Waals surface area (Å²) < 4.78 is 0. The molecule has 0 amide bonds. The molecule has 2 heteroatoms. The van der Waals surface area contributed by atoms with Crippen molar-refractivity contribution in [1.82, 2.24) is 5.32 Å². The van der Waals surface area contributed by atoms with Crippen LogP contribution < -0.4 is 5.32 Å². The van der Waals surface area contributed by atoms with E-state index in [1.54, 1.807) is 0 Å². The normalized spacial score (nSPS) is 22.7. The van der Waals surface area contributed by atoms with Crippen LogP contribution in [-0.4, -0.2) is 7.05 Å². The maximum atomic E-state index is 3.53. The molecular formula is C16H19NS. The van der Waals surface area contributed by atoms with Crippen LogP contribution in [-0.2, 0) is 12.8 Å². The lowest BCUT2D eigenvalue weighted by atomic mass is 9.78. The van der Waals surface area contributed by atoms with Crippen molar-refractivity contribution in [1.29, 1.82) is 0 Å². The van der Waals surface area contributed by atoms with E-state index in [-0.39, 0.29) is 0 Å². The van der Waals surface area contributed by atoms with Gasteiger partial charge in [-0.2, -0.15) is 0 Å². The third-order valence-corrected chi connectivity index (χ3v) is 4.90. The van der Waals surface area contributed by atoms with E-state index in [1.165, 1.54) is 35.3 Å². The highest BCUT2D eigenvalue weighted by Crippen LogP contribution is 2.36. The van der Waals surface area contributed by atoms with Crippen molar-refractivity contribution in [3.8, 4) is 0 Å². The summed E-state index contributed by atoms with van der Waals surface area (Å²) in [5.74, 6) is 0.726. The van der Waals surface area contributed by atoms with Crippen molar-refractivity contribution < 1.29 is 0 Å². The predicted molar refractivity (Wildman–Crippen MR) is 78.1 cm³/mol. The summed E-state index contributed by atoms with van der Waals surface area (Å²) in [4.78, 5) is 1.51. The molecule has 0 spiro atoms. The predicted octanol–water partition coefficient (Wildman–Crippen LogP) is 3.81. The number of aryl methyl sites for hydroxylation is 1. The second-order valence-electron chi connectivity index (χ2n) is 5.05. The largest absolute Gasteiger partial charge is 0.313 e. The zero-order chi connectivity index (χ0) is 12.4. The highest BCUT2D eigenvalue weighted by atomic mass is 32.1. The van der Waals surface area contributed by atoms with Gasteiger partial charge in [0.1, 0.15) is 0 Å². The first-order valence-corrected chi connectivity index (χ1v) is 7.54. The Morgan fingerprint density at radius 1 is 1.22 bits per heavy atom. The molecule has 0 saturated heterocycles. The molecule has 0 bridgehead atoms. The lowest BCUT2D eigenvalue weighted by Gasteiger charge is -2.33. The monoisotopic (exact) mass is 257 g/mol. The van der Waals surface area contributed by atoms with Crippen LogP contribution >= 0.6 is 11.3 Å². The zero-order valence-corrected chi connectivity index (χ0v) is 11.5. The van der Waals surface area contributed by atoms with Gasteiger partial charge in [-0.3, -0.25) is 0 Å². The van der Waals surface area contributed by atoms with Crippen molar-refractivity contribution in [2.75, 3.05) is 7.05 Å². The molecule has 1 aliphatic rings. The van der Waals surface area contributed by atoms with E-state index in [4.69, 9.17) is 0 Å². The summed E-state index contributed by atoms with van der Waals surface area (Å²) >= 11 is 1.88. The van der Waals surface area contributed by atoms with Gasteiger partial charge in [0.2, 0.25) is 0 Å². The van der Waals surface area contributed by atoms with Gasteiger partial charge in [-0.1, -0.05) is 30.3 Å². The van der Waals surface area contributed by atoms with Gasteiger partial charge in [-0.25, -0.2) is 0 Å². The first-order chi connectivity index (χ1) is 8.88. The number of hydrogen-bond donors (Lipinski definition) is 1. The van der Waals surface area contributed by atoms with Gasteiger partial charge in [0.25, 0.3) is 0 Å². The molecule has 1 nitrogen and oxygen atoms in total. The Morgan fingerprint density at radius 2 is 2.11 bits per heavy atom. The van der Waals surface area contributed by atoms with Crippen LogP contribution in [0.15, 0.2) is 41.8 Å². The van der Waals surface area contributed by atoms with Crippen LogP contribution in [0.3, 0.4) is 0 Å². The lowest BCUT2D eigenvalue weighted by molar-refractivity contribution is 0.336. The Kier molecular flexibility index (Phi) is 3.48.